The number of ether oxygens (including phenoxy) is 1. The lowest BCUT2D eigenvalue weighted by molar-refractivity contribution is -0.138. The molecule has 11 nitrogen and oxygen atoms in total. The Balaban J connectivity index is 1.33. The second-order valence-electron chi connectivity index (χ2n) is 12.3. The predicted molar refractivity (Wildman–Crippen MR) is 161 cm³/mol. The van der Waals surface area contributed by atoms with Crippen molar-refractivity contribution in [3.05, 3.63) is 36.3 Å². The summed E-state index contributed by atoms with van der Waals surface area (Å²) in [5.41, 5.74) is 8.54. The quantitative estimate of drug-likeness (QED) is 0.435. The molecule has 2 saturated heterocycles. The van der Waals surface area contributed by atoms with Crippen LogP contribution in [0.2, 0.25) is 0 Å². The molecule has 0 spiro atoms. The van der Waals surface area contributed by atoms with Gasteiger partial charge in [0.05, 0.1) is 31.3 Å². The molecule has 3 aliphatic rings. The highest BCUT2D eigenvalue weighted by atomic mass is 32.2. The van der Waals surface area contributed by atoms with Gasteiger partial charge in [-0.25, -0.2) is 22.5 Å². The van der Waals surface area contributed by atoms with Crippen molar-refractivity contribution in [2.45, 2.75) is 64.0 Å². The van der Waals surface area contributed by atoms with Crippen molar-refractivity contribution < 1.29 is 22.7 Å². The number of imidazole rings is 1. The number of aromatic nitrogens is 2. The number of rotatable bonds is 7. The average Bonchev–Trinajstić information content (AvgIpc) is 3.65. The third kappa shape index (κ3) is 6.81. The van der Waals surface area contributed by atoms with Gasteiger partial charge in [0, 0.05) is 37.3 Å². The van der Waals surface area contributed by atoms with E-state index in [2.05, 4.69) is 26.9 Å². The molecule has 0 bridgehead atoms. The van der Waals surface area contributed by atoms with E-state index in [1.807, 2.05) is 12.1 Å². The highest BCUT2D eigenvalue weighted by Crippen LogP contribution is 2.43. The number of methoxy groups -OCH3 is 1. The molecular weight excluding hydrogens is 556 g/mol. The zero-order valence-corrected chi connectivity index (χ0v) is 25.6. The maximum absolute atomic E-state index is 14.0. The van der Waals surface area contributed by atoms with E-state index in [9.17, 15) is 18.0 Å². The molecule has 1 aliphatic carbocycles. The number of nitrogens with zero attached hydrogens (tertiary/aromatic N) is 3. The zero-order chi connectivity index (χ0) is 30.0. The molecule has 1 aromatic carbocycles. The third-order valence-corrected chi connectivity index (χ3v) is 11.0. The van der Waals surface area contributed by atoms with Gasteiger partial charge >= 0.3 is 6.09 Å². The van der Waals surface area contributed by atoms with E-state index < -0.39 is 16.1 Å². The summed E-state index contributed by atoms with van der Waals surface area (Å²) in [6, 6.07) is 7.39. The summed E-state index contributed by atoms with van der Waals surface area (Å²) in [4.78, 5) is 35.8. The summed E-state index contributed by atoms with van der Waals surface area (Å²) in [7, 11) is -1.87. The Morgan fingerprint density at radius 1 is 1.07 bits per heavy atom. The summed E-state index contributed by atoms with van der Waals surface area (Å²) in [5, 5.41) is 2.65. The summed E-state index contributed by atoms with van der Waals surface area (Å²) < 4.78 is 30.3. The van der Waals surface area contributed by atoms with Crippen LogP contribution in [0.4, 0.5) is 10.5 Å². The van der Waals surface area contributed by atoms with E-state index >= 15 is 0 Å². The van der Waals surface area contributed by atoms with E-state index in [1.54, 1.807) is 22.6 Å². The first-order valence-corrected chi connectivity index (χ1v) is 16.9. The molecule has 0 unspecified atom stereocenters. The molecule has 3 heterocycles. The number of hydrogen-bond acceptors (Lipinski definition) is 7. The van der Waals surface area contributed by atoms with E-state index in [-0.39, 0.29) is 23.9 Å². The van der Waals surface area contributed by atoms with Gasteiger partial charge in [0.25, 0.3) is 0 Å². The minimum Gasteiger partial charge on any atom is -0.453 e. The van der Waals surface area contributed by atoms with E-state index in [0.717, 1.165) is 62.0 Å². The third-order valence-electron chi connectivity index (χ3n) is 9.65. The van der Waals surface area contributed by atoms with Crippen LogP contribution >= 0.6 is 0 Å². The Morgan fingerprint density at radius 2 is 1.74 bits per heavy atom. The summed E-state index contributed by atoms with van der Waals surface area (Å²) in [5.74, 6) is 2.10. The standard InChI is InChI=1S/C30H44N6O5S/c1-19(31)20-4-6-23(7-5-20)29(37)36-18-24(21-12-14-35(15-13-21)42(3,39)40)16-27(36)28-32-17-26(34-28)22-8-10-25(11-9-22)33-30(38)41-2/h8-11,17,19-21,23-24,27H,4-7,12-16,18,31H2,1-3H3,(H,32,34)(H,33,38)/t19-,20?,23?,24-,27-/m0/s1. The van der Waals surface area contributed by atoms with Crippen LogP contribution in [-0.2, 0) is 19.6 Å². The lowest BCUT2D eigenvalue weighted by atomic mass is 9.78. The molecule has 0 radical (unpaired) electrons. The predicted octanol–water partition coefficient (Wildman–Crippen LogP) is 3.97. The second kappa shape index (κ2) is 12.7. The van der Waals surface area contributed by atoms with Gasteiger partial charge in [-0.1, -0.05) is 12.1 Å². The molecule has 2 amide bonds. The van der Waals surface area contributed by atoms with Gasteiger partial charge in [0.15, 0.2) is 0 Å². The topological polar surface area (TPSA) is 151 Å². The number of carbonyl (C=O) groups is 2. The number of piperidine rings is 1. The number of anilines is 1. The van der Waals surface area contributed by atoms with Gasteiger partial charge in [-0.15, -0.1) is 0 Å². The van der Waals surface area contributed by atoms with Crippen molar-refractivity contribution >= 4 is 27.7 Å². The molecule has 3 atom stereocenters. The Bertz CT molecular complexity index is 1340. The molecule has 2 aromatic rings. The van der Waals surface area contributed by atoms with Crippen LogP contribution in [0.1, 0.15) is 63.7 Å². The van der Waals surface area contributed by atoms with Crippen molar-refractivity contribution in [2.75, 3.05) is 38.3 Å². The van der Waals surface area contributed by atoms with Gasteiger partial charge in [0.1, 0.15) is 5.82 Å². The van der Waals surface area contributed by atoms with Gasteiger partial charge in [-0.3, -0.25) is 10.1 Å². The first kappa shape index (κ1) is 30.5. The van der Waals surface area contributed by atoms with E-state index in [0.29, 0.717) is 43.1 Å². The minimum absolute atomic E-state index is 0.00220. The highest BCUT2D eigenvalue weighted by Gasteiger charge is 2.44. The average molecular weight is 601 g/mol. The summed E-state index contributed by atoms with van der Waals surface area (Å²) >= 11 is 0. The Kier molecular flexibility index (Phi) is 9.24. The van der Waals surface area contributed by atoms with Crippen molar-refractivity contribution in [2.24, 2.45) is 29.4 Å². The molecule has 4 N–H and O–H groups in total. The van der Waals surface area contributed by atoms with Gasteiger partial charge in [-0.05, 0) is 87.3 Å². The largest absolute Gasteiger partial charge is 0.453 e. The maximum atomic E-state index is 14.0. The smallest absolute Gasteiger partial charge is 0.411 e. The Hall–Kier alpha value is -2.96. The fourth-order valence-corrected chi connectivity index (χ4v) is 7.95. The fourth-order valence-electron chi connectivity index (χ4n) is 7.07. The SMILES string of the molecule is COC(=O)Nc1ccc(-c2cnc([C@@H]3C[C@H](C4CCN(S(C)(=O)=O)CC4)CN3C(=O)C3CCC([C@H](C)N)CC3)[nH]2)cc1. The van der Waals surface area contributed by atoms with Crippen molar-refractivity contribution in [1.29, 1.82) is 0 Å². The number of carbonyl (C=O) groups excluding carboxylic acids is 2. The first-order chi connectivity index (χ1) is 20.0. The summed E-state index contributed by atoms with van der Waals surface area (Å²) in [6.07, 6.45) is 8.64. The number of amides is 2. The molecule has 2 aliphatic heterocycles. The van der Waals surface area contributed by atoms with Gasteiger partial charge in [-0.2, -0.15) is 0 Å². The molecule has 230 valence electrons. The van der Waals surface area contributed by atoms with E-state index in [1.165, 1.54) is 13.4 Å². The van der Waals surface area contributed by atoms with E-state index in [4.69, 9.17) is 10.7 Å². The van der Waals surface area contributed by atoms with Crippen LogP contribution < -0.4 is 11.1 Å². The van der Waals surface area contributed by atoms with Crippen molar-refractivity contribution in [3.63, 3.8) is 0 Å². The second-order valence-corrected chi connectivity index (χ2v) is 14.3. The number of benzene rings is 1. The number of hydrogen-bond donors (Lipinski definition) is 3. The number of nitrogens with one attached hydrogen (secondary N) is 2. The van der Waals surface area contributed by atoms with Crippen molar-refractivity contribution in [1.82, 2.24) is 19.2 Å². The van der Waals surface area contributed by atoms with Crippen LogP contribution in [0, 0.1) is 23.7 Å². The van der Waals surface area contributed by atoms with Crippen LogP contribution in [0.3, 0.4) is 0 Å². The number of nitrogens with two attached hydrogens (primary N) is 1. The molecule has 42 heavy (non-hydrogen) atoms. The van der Waals surface area contributed by atoms with Crippen molar-refractivity contribution in [3.8, 4) is 11.3 Å². The van der Waals surface area contributed by atoms with Crippen LogP contribution in [0.5, 0.6) is 0 Å². The number of H-pyrrole nitrogens is 1. The van der Waals surface area contributed by atoms with Crippen LogP contribution in [-0.4, -0.2) is 78.6 Å². The minimum atomic E-state index is -3.19. The normalized spacial score (nSPS) is 26.6. The molecule has 12 heteroatoms. The first-order valence-electron chi connectivity index (χ1n) is 15.0. The number of sulfonamides is 1. The fraction of sp³-hybridized carbons (Fsp3) is 0.633. The summed E-state index contributed by atoms with van der Waals surface area (Å²) in [6.45, 7) is 3.79. The Morgan fingerprint density at radius 3 is 2.33 bits per heavy atom. The molecule has 1 saturated carbocycles. The number of aromatic amines is 1. The lowest BCUT2D eigenvalue weighted by Gasteiger charge is -2.34. The zero-order valence-electron chi connectivity index (χ0n) is 24.8. The highest BCUT2D eigenvalue weighted by molar-refractivity contribution is 7.88. The molecule has 3 fully saturated rings. The Labute approximate surface area is 248 Å². The molecular formula is C30H44N6O5S. The molecule has 5 rings (SSSR count). The lowest BCUT2D eigenvalue weighted by Crippen LogP contribution is -2.41. The molecule has 1 aromatic heterocycles. The van der Waals surface area contributed by atoms with Crippen LogP contribution in [0.25, 0.3) is 11.3 Å². The number of likely N-dealkylation sites (tertiary alicyclic amines) is 1. The van der Waals surface area contributed by atoms with Crippen LogP contribution in [0.15, 0.2) is 30.5 Å². The van der Waals surface area contributed by atoms with Gasteiger partial charge < -0.3 is 20.4 Å². The van der Waals surface area contributed by atoms with Gasteiger partial charge in [0.2, 0.25) is 15.9 Å². The monoisotopic (exact) mass is 600 g/mol. The maximum Gasteiger partial charge on any atom is 0.411 e.